The van der Waals surface area contributed by atoms with Gasteiger partial charge in [0.2, 0.25) is 5.76 Å². The summed E-state index contributed by atoms with van der Waals surface area (Å²) >= 11 is 0. The number of hydrogen-bond donors (Lipinski definition) is 8. The van der Waals surface area contributed by atoms with Crippen molar-refractivity contribution in [3.63, 3.8) is 0 Å². The van der Waals surface area contributed by atoms with Gasteiger partial charge in [0.25, 0.3) is 12.6 Å². The Morgan fingerprint density at radius 2 is 1.60 bits per heavy atom. The number of aliphatic hydroxyl groups excluding tert-OH is 8. The van der Waals surface area contributed by atoms with E-state index < -0.39 is 66.7 Å². The summed E-state index contributed by atoms with van der Waals surface area (Å²) in [6.07, 6.45) is -0.00143. The molecule has 0 aromatic carbocycles. The maximum Gasteiger partial charge on any atom is 0.314 e. The number of hydrogen-bond acceptors (Lipinski definition) is 11. The quantitative estimate of drug-likeness (QED) is 0.0711. The molecule has 0 spiro atoms. The van der Waals surface area contributed by atoms with Crippen molar-refractivity contribution in [2.45, 2.75) is 110 Å². The van der Waals surface area contributed by atoms with Crippen LogP contribution in [0.4, 0.5) is 0 Å². The van der Waals surface area contributed by atoms with Crippen molar-refractivity contribution in [3.05, 3.63) is 35.5 Å². The second-order valence-corrected chi connectivity index (χ2v) is 13.2. The number of ether oxygens (including phenoxy) is 2. The fourth-order valence-corrected chi connectivity index (χ4v) is 8.18. The molecule has 0 radical (unpaired) electrons. The second kappa shape index (κ2) is 13.7. The van der Waals surface area contributed by atoms with Crippen molar-refractivity contribution in [2.24, 2.45) is 28.1 Å². The topological polar surface area (TPSA) is 197 Å². The van der Waals surface area contributed by atoms with E-state index in [1.807, 2.05) is 6.92 Å². The van der Waals surface area contributed by atoms with Gasteiger partial charge >= 0.3 is 5.97 Å². The minimum absolute atomic E-state index is 0.00116. The zero-order valence-corrected chi connectivity index (χ0v) is 25.0. The van der Waals surface area contributed by atoms with Gasteiger partial charge in [0.15, 0.2) is 11.5 Å². The number of carbonyl (C=O) groups is 1. The molecule has 240 valence electrons. The molecule has 9 atom stereocenters. The largest absolute Gasteiger partial charge is 0.506 e. The third-order valence-electron chi connectivity index (χ3n) is 10.2. The molecule has 0 heterocycles. The van der Waals surface area contributed by atoms with Crippen molar-refractivity contribution in [1.29, 1.82) is 0 Å². The molecule has 0 amide bonds. The second-order valence-electron chi connectivity index (χ2n) is 13.2. The Hall–Kier alpha value is -2.15. The van der Waals surface area contributed by atoms with Crippen molar-refractivity contribution < 1.29 is 55.1 Å². The fourth-order valence-electron chi connectivity index (χ4n) is 8.18. The third-order valence-corrected chi connectivity index (χ3v) is 10.2. The highest BCUT2D eigenvalue weighted by Gasteiger charge is 2.62. The molecular formula is C31H50O11. The number of fused-ring (bicyclic) bond motifs is 3. The Morgan fingerprint density at radius 3 is 2.24 bits per heavy atom. The lowest BCUT2D eigenvalue weighted by Gasteiger charge is -2.63. The predicted octanol–water partition coefficient (Wildman–Crippen LogP) is 2.85. The van der Waals surface area contributed by atoms with Gasteiger partial charge in [-0.2, -0.15) is 0 Å². The van der Waals surface area contributed by atoms with E-state index in [-0.39, 0.29) is 29.6 Å². The van der Waals surface area contributed by atoms with Gasteiger partial charge in [-0.1, -0.05) is 32.4 Å². The minimum atomic E-state index is -2.33. The van der Waals surface area contributed by atoms with Crippen molar-refractivity contribution in [1.82, 2.24) is 0 Å². The standard InChI is InChI=1S/C31H50O11/c1-18-6-7-22-29(2,17-18)13-8-23-30(22,3)11-5-12-31(23,4)28(40)42-26(38)21(16-19(34)9-14-32)41-27(39)25(37)24(36)20(35)10-15-33/h16,19-20,22-23,26-27,32-39H,1,5-15,17H2,2-4H3/b21-16+,25-24-/t19?,20?,22-,23?,26?,27?,29-,30+,31-/m1/s1. The molecule has 11 heteroatoms. The van der Waals surface area contributed by atoms with Gasteiger partial charge in [-0.05, 0) is 80.6 Å². The number of allylic oxidation sites excluding steroid dienone is 1. The van der Waals surface area contributed by atoms with E-state index in [2.05, 4.69) is 20.4 Å². The molecule has 8 N–H and O–H groups in total. The van der Waals surface area contributed by atoms with Crippen molar-refractivity contribution in [3.8, 4) is 0 Å². The molecule has 3 saturated carbocycles. The first-order valence-electron chi connectivity index (χ1n) is 14.9. The first-order chi connectivity index (χ1) is 19.6. The Kier molecular flexibility index (Phi) is 11.2. The highest BCUT2D eigenvalue weighted by Crippen LogP contribution is 2.68. The van der Waals surface area contributed by atoms with Crippen molar-refractivity contribution >= 4 is 5.97 Å². The molecule has 0 saturated heterocycles. The van der Waals surface area contributed by atoms with Gasteiger partial charge in [0.05, 0.1) is 11.5 Å². The van der Waals surface area contributed by atoms with Crippen LogP contribution in [0.25, 0.3) is 0 Å². The van der Waals surface area contributed by atoms with Gasteiger partial charge in [0, 0.05) is 26.1 Å². The zero-order chi connectivity index (χ0) is 31.5. The summed E-state index contributed by atoms with van der Waals surface area (Å²) in [5, 5.41) is 79.6. The SMILES string of the molecule is C=C1CC[C@@H]2[C@](C)(CCC3[C@](C)(C(=O)OC(O)/C(=C\C(O)CCO)OC(O)/C(O)=C(/O)C(O)CCO)CCC[C@]32C)C1. The van der Waals surface area contributed by atoms with Crippen LogP contribution < -0.4 is 0 Å². The number of aliphatic hydroxyl groups is 8. The van der Waals surface area contributed by atoms with Crippen LogP contribution in [0.1, 0.15) is 85.0 Å². The van der Waals surface area contributed by atoms with Crippen LogP contribution >= 0.6 is 0 Å². The number of rotatable bonds is 12. The molecule has 11 nitrogen and oxygen atoms in total. The summed E-state index contributed by atoms with van der Waals surface area (Å²) in [5.41, 5.74) is 0.360. The zero-order valence-electron chi connectivity index (χ0n) is 25.0. The third kappa shape index (κ3) is 6.97. The molecule has 3 aliphatic carbocycles. The highest BCUT2D eigenvalue weighted by atomic mass is 16.7. The summed E-state index contributed by atoms with van der Waals surface area (Å²) in [5.74, 6) is -3.15. The van der Waals surface area contributed by atoms with Gasteiger partial charge < -0.3 is 50.3 Å². The van der Waals surface area contributed by atoms with Crippen LogP contribution in [0.5, 0.6) is 0 Å². The van der Waals surface area contributed by atoms with Crippen LogP contribution in [0.3, 0.4) is 0 Å². The van der Waals surface area contributed by atoms with Gasteiger partial charge in [-0.25, -0.2) is 0 Å². The molecule has 3 rings (SSSR count). The Morgan fingerprint density at radius 1 is 0.929 bits per heavy atom. The van der Waals surface area contributed by atoms with E-state index in [4.69, 9.17) is 14.6 Å². The van der Waals surface area contributed by atoms with E-state index in [0.29, 0.717) is 12.3 Å². The first-order valence-corrected chi connectivity index (χ1v) is 14.9. The van der Waals surface area contributed by atoms with Crippen LogP contribution in [-0.2, 0) is 14.3 Å². The Labute approximate surface area is 247 Å². The Balaban J connectivity index is 1.83. The smallest absolute Gasteiger partial charge is 0.314 e. The van der Waals surface area contributed by atoms with Crippen LogP contribution in [0.2, 0.25) is 0 Å². The average molecular weight is 599 g/mol. The molecule has 0 aliphatic heterocycles. The first kappa shape index (κ1) is 34.3. The molecule has 5 unspecified atom stereocenters. The highest BCUT2D eigenvalue weighted by molar-refractivity contribution is 5.77. The molecule has 42 heavy (non-hydrogen) atoms. The van der Waals surface area contributed by atoms with Gasteiger partial charge in [-0.15, -0.1) is 0 Å². The van der Waals surface area contributed by atoms with Crippen molar-refractivity contribution in [2.75, 3.05) is 13.2 Å². The van der Waals surface area contributed by atoms with Crippen LogP contribution in [0.15, 0.2) is 35.5 Å². The van der Waals surface area contributed by atoms with Crippen LogP contribution in [0, 0.1) is 28.1 Å². The lowest BCUT2D eigenvalue weighted by atomic mass is 9.40. The van der Waals surface area contributed by atoms with E-state index in [0.717, 1.165) is 51.0 Å². The summed E-state index contributed by atoms with van der Waals surface area (Å²) in [4.78, 5) is 13.8. The minimum Gasteiger partial charge on any atom is -0.506 e. The van der Waals surface area contributed by atoms with Crippen LogP contribution in [-0.4, -0.2) is 84.8 Å². The van der Waals surface area contributed by atoms with E-state index in [1.165, 1.54) is 5.57 Å². The Bertz CT molecular complexity index is 1040. The van der Waals surface area contributed by atoms with E-state index in [9.17, 15) is 40.5 Å². The van der Waals surface area contributed by atoms with Gasteiger partial charge in [-0.3, -0.25) is 4.79 Å². The molecule has 0 aromatic rings. The molecule has 0 bridgehead atoms. The average Bonchev–Trinajstić information content (AvgIpc) is 2.91. The molecule has 3 aliphatic rings. The lowest BCUT2D eigenvalue weighted by Crippen LogP contribution is -2.58. The normalized spacial score (nSPS) is 35.2. The summed E-state index contributed by atoms with van der Waals surface area (Å²) < 4.78 is 10.7. The summed E-state index contributed by atoms with van der Waals surface area (Å²) in [6, 6.07) is 0. The van der Waals surface area contributed by atoms with Gasteiger partial charge in [0.1, 0.15) is 6.10 Å². The number of carbonyl (C=O) groups excluding carboxylic acids is 1. The monoisotopic (exact) mass is 598 g/mol. The molecule has 0 aromatic heterocycles. The summed E-state index contributed by atoms with van der Waals surface area (Å²) in [7, 11) is 0. The lowest BCUT2D eigenvalue weighted by molar-refractivity contribution is -0.205. The summed E-state index contributed by atoms with van der Waals surface area (Å²) in [6.45, 7) is 9.78. The maximum atomic E-state index is 13.8. The molecular weight excluding hydrogens is 548 g/mol. The number of esters is 1. The maximum absolute atomic E-state index is 13.8. The van der Waals surface area contributed by atoms with E-state index >= 15 is 0 Å². The fraction of sp³-hybridized carbons (Fsp3) is 0.774. The molecule has 3 fully saturated rings. The van der Waals surface area contributed by atoms with E-state index in [1.54, 1.807) is 0 Å². The predicted molar refractivity (Wildman–Crippen MR) is 152 cm³/mol.